The molecule has 1 aromatic heterocycles. The molecule has 2 heterocycles. The minimum absolute atomic E-state index is 0.837. The lowest BCUT2D eigenvalue weighted by Crippen LogP contribution is -2.31. The van der Waals surface area contributed by atoms with Crippen LogP contribution in [0.3, 0.4) is 0 Å². The number of benzene rings is 1. The normalized spacial score (nSPS) is 16.7. The van der Waals surface area contributed by atoms with Gasteiger partial charge in [-0.25, -0.2) is 0 Å². The molecule has 0 unspecified atom stereocenters. The molecule has 0 atom stereocenters. The average molecular weight is 283 g/mol. The first-order valence-corrected chi connectivity index (χ1v) is 7.41. The predicted molar refractivity (Wildman–Crippen MR) is 85.0 cm³/mol. The highest BCUT2D eigenvalue weighted by molar-refractivity contribution is 5.40. The Morgan fingerprint density at radius 3 is 2.81 bits per heavy atom. The van der Waals surface area contributed by atoms with Gasteiger partial charge in [-0.1, -0.05) is 12.1 Å². The molecule has 0 bridgehead atoms. The molecule has 0 spiro atoms. The molecular formula is C16H21N5. The van der Waals surface area contributed by atoms with Crippen LogP contribution in [0.1, 0.15) is 12.0 Å². The minimum atomic E-state index is 0.837. The van der Waals surface area contributed by atoms with Crippen molar-refractivity contribution in [3.8, 4) is 0 Å². The van der Waals surface area contributed by atoms with E-state index in [2.05, 4.69) is 32.1 Å². The van der Waals surface area contributed by atoms with Crippen LogP contribution in [0.2, 0.25) is 0 Å². The minimum Gasteiger partial charge on any atom is -0.399 e. The summed E-state index contributed by atoms with van der Waals surface area (Å²) in [6.45, 7) is 5.11. The second kappa shape index (κ2) is 6.54. The van der Waals surface area contributed by atoms with E-state index in [4.69, 9.17) is 5.73 Å². The van der Waals surface area contributed by atoms with Crippen LogP contribution >= 0.6 is 0 Å². The van der Waals surface area contributed by atoms with Gasteiger partial charge in [-0.15, -0.1) is 5.10 Å². The number of hydrogen-bond donors (Lipinski definition) is 1. The van der Waals surface area contributed by atoms with E-state index in [0.29, 0.717) is 0 Å². The topological polar surface area (TPSA) is 58.3 Å². The van der Waals surface area contributed by atoms with Gasteiger partial charge in [-0.05, 0) is 36.2 Å². The van der Waals surface area contributed by atoms with E-state index in [0.717, 1.165) is 50.6 Å². The Kier molecular flexibility index (Phi) is 4.31. The van der Waals surface area contributed by atoms with Crippen molar-refractivity contribution in [3.05, 3.63) is 48.2 Å². The first-order chi connectivity index (χ1) is 10.3. The molecule has 3 rings (SSSR count). The van der Waals surface area contributed by atoms with Gasteiger partial charge in [0, 0.05) is 44.6 Å². The standard InChI is InChI=1S/C16H21N5/c17-15-5-1-4-14(12-15)13-20-8-3-9-21(11-10-20)16-6-2-7-18-19-16/h1-2,4-7,12H,3,8-11,13,17H2. The first-order valence-electron chi connectivity index (χ1n) is 7.41. The molecule has 0 radical (unpaired) electrons. The number of nitrogens with two attached hydrogens (primary N) is 1. The lowest BCUT2D eigenvalue weighted by molar-refractivity contribution is 0.285. The maximum atomic E-state index is 5.85. The van der Waals surface area contributed by atoms with Gasteiger partial charge in [-0.2, -0.15) is 5.10 Å². The Balaban J connectivity index is 1.61. The van der Waals surface area contributed by atoms with E-state index in [-0.39, 0.29) is 0 Å². The van der Waals surface area contributed by atoms with E-state index in [1.165, 1.54) is 5.56 Å². The van der Waals surface area contributed by atoms with Crippen molar-refractivity contribution in [2.45, 2.75) is 13.0 Å². The smallest absolute Gasteiger partial charge is 0.151 e. The molecule has 1 aromatic carbocycles. The van der Waals surface area contributed by atoms with Crippen molar-refractivity contribution in [3.63, 3.8) is 0 Å². The molecule has 2 N–H and O–H groups in total. The Morgan fingerprint density at radius 2 is 2.00 bits per heavy atom. The summed E-state index contributed by atoms with van der Waals surface area (Å²) < 4.78 is 0. The fourth-order valence-electron chi connectivity index (χ4n) is 2.77. The summed E-state index contributed by atoms with van der Waals surface area (Å²) in [5, 5.41) is 8.17. The van der Waals surface area contributed by atoms with E-state index in [1.54, 1.807) is 6.20 Å². The van der Waals surface area contributed by atoms with E-state index < -0.39 is 0 Å². The van der Waals surface area contributed by atoms with Gasteiger partial charge in [0.1, 0.15) is 0 Å². The number of hydrogen-bond acceptors (Lipinski definition) is 5. The molecule has 0 saturated carbocycles. The average Bonchev–Trinajstić information content (AvgIpc) is 2.74. The van der Waals surface area contributed by atoms with Gasteiger partial charge in [0.05, 0.1) is 0 Å². The Morgan fingerprint density at radius 1 is 1.05 bits per heavy atom. The van der Waals surface area contributed by atoms with Crippen molar-refractivity contribution in [1.29, 1.82) is 0 Å². The zero-order valence-electron chi connectivity index (χ0n) is 12.2. The number of aromatic nitrogens is 2. The van der Waals surface area contributed by atoms with Gasteiger partial charge in [0.15, 0.2) is 5.82 Å². The van der Waals surface area contributed by atoms with Crippen LogP contribution in [0.5, 0.6) is 0 Å². The maximum absolute atomic E-state index is 5.85. The molecule has 5 heteroatoms. The third kappa shape index (κ3) is 3.70. The number of nitrogen functional groups attached to an aromatic ring is 1. The van der Waals surface area contributed by atoms with Crippen LogP contribution in [0.4, 0.5) is 11.5 Å². The van der Waals surface area contributed by atoms with Crippen molar-refractivity contribution in [2.75, 3.05) is 36.8 Å². The summed E-state index contributed by atoms with van der Waals surface area (Å²) >= 11 is 0. The summed E-state index contributed by atoms with van der Waals surface area (Å²) in [5.41, 5.74) is 7.97. The number of nitrogens with zero attached hydrogens (tertiary/aromatic N) is 4. The lowest BCUT2D eigenvalue weighted by atomic mass is 10.2. The molecule has 1 saturated heterocycles. The van der Waals surface area contributed by atoms with Gasteiger partial charge >= 0.3 is 0 Å². The van der Waals surface area contributed by atoms with Gasteiger partial charge < -0.3 is 10.6 Å². The molecule has 2 aromatic rings. The fourth-order valence-corrected chi connectivity index (χ4v) is 2.77. The highest BCUT2D eigenvalue weighted by atomic mass is 15.3. The molecule has 110 valence electrons. The van der Waals surface area contributed by atoms with Crippen LogP contribution < -0.4 is 10.6 Å². The molecule has 1 aliphatic rings. The van der Waals surface area contributed by atoms with Gasteiger partial charge in [-0.3, -0.25) is 4.90 Å². The molecule has 1 fully saturated rings. The first kappa shape index (κ1) is 13.8. The van der Waals surface area contributed by atoms with E-state index in [9.17, 15) is 0 Å². The SMILES string of the molecule is Nc1cccc(CN2CCCN(c3cccnn3)CC2)c1. The zero-order valence-corrected chi connectivity index (χ0v) is 12.2. The molecule has 1 aliphatic heterocycles. The third-order valence-electron chi connectivity index (χ3n) is 3.83. The fraction of sp³-hybridized carbons (Fsp3) is 0.375. The summed E-state index contributed by atoms with van der Waals surface area (Å²) in [5.74, 6) is 0.975. The number of anilines is 2. The van der Waals surface area contributed by atoms with Crippen LogP contribution in [0.15, 0.2) is 42.6 Å². The quantitative estimate of drug-likeness (QED) is 0.870. The molecule has 0 aliphatic carbocycles. The number of rotatable bonds is 3. The molecular weight excluding hydrogens is 262 g/mol. The Labute approximate surface area is 125 Å². The third-order valence-corrected chi connectivity index (χ3v) is 3.83. The largest absolute Gasteiger partial charge is 0.399 e. The van der Waals surface area contributed by atoms with E-state index in [1.807, 2.05) is 24.3 Å². The monoisotopic (exact) mass is 283 g/mol. The van der Waals surface area contributed by atoms with Crippen LogP contribution in [-0.4, -0.2) is 41.3 Å². The van der Waals surface area contributed by atoms with Crippen molar-refractivity contribution in [1.82, 2.24) is 15.1 Å². The van der Waals surface area contributed by atoms with Crippen LogP contribution in [0.25, 0.3) is 0 Å². The predicted octanol–water partition coefficient (Wildman–Crippen LogP) is 1.77. The summed E-state index contributed by atoms with van der Waals surface area (Å²) in [6.07, 6.45) is 2.85. The highest BCUT2D eigenvalue weighted by Crippen LogP contribution is 2.15. The Hall–Kier alpha value is -2.14. The van der Waals surface area contributed by atoms with Crippen molar-refractivity contribution >= 4 is 11.5 Å². The summed E-state index contributed by atoms with van der Waals surface area (Å²) in [7, 11) is 0. The van der Waals surface area contributed by atoms with E-state index >= 15 is 0 Å². The lowest BCUT2D eigenvalue weighted by Gasteiger charge is -2.22. The maximum Gasteiger partial charge on any atom is 0.151 e. The van der Waals surface area contributed by atoms with Crippen LogP contribution in [0, 0.1) is 0 Å². The van der Waals surface area contributed by atoms with Gasteiger partial charge in [0.25, 0.3) is 0 Å². The van der Waals surface area contributed by atoms with Crippen molar-refractivity contribution in [2.24, 2.45) is 0 Å². The molecule has 5 nitrogen and oxygen atoms in total. The summed E-state index contributed by atoms with van der Waals surface area (Å²) in [6, 6.07) is 12.1. The zero-order chi connectivity index (χ0) is 14.5. The van der Waals surface area contributed by atoms with Gasteiger partial charge in [0.2, 0.25) is 0 Å². The Bertz CT molecular complexity index is 572. The van der Waals surface area contributed by atoms with Crippen LogP contribution in [-0.2, 0) is 6.54 Å². The second-order valence-corrected chi connectivity index (χ2v) is 5.44. The molecule has 0 amide bonds. The molecule has 21 heavy (non-hydrogen) atoms. The summed E-state index contributed by atoms with van der Waals surface area (Å²) in [4.78, 5) is 4.79. The van der Waals surface area contributed by atoms with Crippen molar-refractivity contribution < 1.29 is 0 Å². The highest BCUT2D eigenvalue weighted by Gasteiger charge is 2.16. The second-order valence-electron chi connectivity index (χ2n) is 5.44.